The quantitative estimate of drug-likeness (QED) is 0.627. The molecule has 2 aromatic rings. The number of hydrogen-bond donors (Lipinski definition) is 0. The van der Waals surface area contributed by atoms with Crippen LogP contribution in [0.3, 0.4) is 0 Å². The molecular weight excluding hydrogens is 315 g/mol. The molecule has 4 heteroatoms. The Kier molecular flexibility index (Phi) is 7.75. The number of halogens is 2. The molecule has 0 aromatic heterocycles. The Morgan fingerprint density at radius 3 is 1.27 bits per heavy atom. The fourth-order valence-electron chi connectivity index (χ4n) is 2.23. The molecule has 0 amide bonds. The lowest BCUT2D eigenvalue weighted by atomic mass is 10.1. The van der Waals surface area contributed by atoms with E-state index in [1.54, 1.807) is 0 Å². The van der Waals surface area contributed by atoms with Crippen molar-refractivity contribution in [3.8, 4) is 0 Å². The van der Waals surface area contributed by atoms with E-state index in [-0.39, 0.29) is 0 Å². The summed E-state index contributed by atoms with van der Waals surface area (Å²) in [4.78, 5) is 0. The van der Waals surface area contributed by atoms with Crippen LogP contribution in [0.1, 0.15) is 11.1 Å². The van der Waals surface area contributed by atoms with Crippen molar-refractivity contribution in [1.82, 2.24) is 8.84 Å². The molecule has 0 unspecified atom stereocenters. The first-order chi connectivity index (χ1) is 10.7. The van der Waals surface area contributed by atoms with E-state index in [1.165, 1.54) is 11.1 Å². The predicted octanol–water partition coefficient (Wildman–Crippen LogP) is 4.38. The second kappa shape index (κ2) is 9.86. The molecule has 118 valence electrons. The minimum Gasteiger partial charge on any atom is -0.219 e. The van der Waals surface area contributed by atoms with Crippen molar-refractivity contribution in [3.05, 3.63) is 71.8 Å². The SMILES string of the molecule is ClN(CCc1ccccc1)CCN(Cl)CCc1ccccc1. The third kappa shape index (κ3) is 6.80. The predicted molar refractivity (Wildman–Crippen MR) is 95.1 cm³/mol. The molecule has 0 atom stereocenters. The fraction of sp³-hybridized carbons (Fsp3) is 0.333. The molecule has 0 aliphatic rings. The highest BCUT2D eigenvalue weighted by molar-refractivity contribution is 6.14. The molecule has 0 radical (unpaired) electrons. The molecule has 2 rings (SSSR count). The topological polar surface area (TPSA) is 6.48 Å². The van der Waals surface area contributed by atoms with Crippen LogP contribution in [0.25, 0.3) is 0 Å². The van der Waals surface area contributed by atoms with Crippen LogP contribution in [0.15, 0.2) is 60.7 Å². The van der Waals surface area contributed by atoms with Gasteiger partial charge in [0.15, 0.2) is 0 Å². The molecule has 0 heterocycles. The molecule has 0 saturated carbocycles. The lowest BCUT2D eigenvalue weighted by Gasteiger charge is -2.18. The second-order valence-electron chi connectivity index (χ2n) is 5.29. The lowest BCUT2D eigenvalue weighted by molar-refractivity contribution is 0.376. The Morgan fingerprint density at radius 2 is 0.909 bits per heavy atom. The summed E-state index contributed by atoms with van der Waals surface area (Å²) in [5.41, 5.74) is 2.61. The van der Waals surface area contributed by atoms with Crippen LogP contribution in [-0.4, -0.2) is 35.0 Å². The van der Waals surface area contributed by atoms with Gasteiger partial charge in [-0.15, -0.1) is 0 Å². The van der Waals surface area contributed by atoms with Gasteiger partial charge in [0, 0.05) is 26.2 Å². The van der Waals surface area contributed by atoms with Crippen molar-refractivity contribution in [3.63, 3.8) is 0 Å². The van der Waals surface area contributed by atoms with Gasteiger partial charge in [-0.25, -0.2) is 8.84 Å². The molecule has 0 aliphatic carbocycles. The molecule has 2 aromatic carbocycles. The van der Waals surface area contributed by atoms with E-state index in [2.05, 4.69) is 48.5 Å². The molecule has 0 bridgehead atoms. The van der Waals surface area contributed by atoms with Gasteiger partial charge < -0.3 is 0 Å². The molecule has 0 fully saturated rings. The van der Waals surface area contributed by atoms with Crippen LogP contribution in [0.4, 0.5) is 0 Å². The largest absolute Gasteiger partial charge is 0.219 e. The van der Waals surface area contributed by atoms with Gasteiger partial charge in [0.1, 0.15) is 0 Å². The first-order valence-corrected chi connectivity index (χ1v) is 8.31. The molecule has 2 nitrogen and oxygen atoms in total. The summed E-state index contributed by atoms with van der Waals surface area (Å²) in [5.74, 6) is 0. The first kappa shape index (κ1) is 17.3. The summed E-state index contributed by atoms with van der Waals surface area (Å²) in [6, 6.07) is 20.8. The number of hydrogen-bond acceptors (Lipinski definition) is 2. The Hall–Kier alpha value is -1.06. The molecule has 22 heavy (non-hydrogen) atoms. The van der Waals surface area contributed by atoms with Gasteiger partial charge in [-0.2, -0.15) is 0 Å². The average molecular weight is 337 g/mol. The maximum absolute atomic E-state index is 6.24. The summed E-state index contributed by atoms with van der Waals surface area (Å²) in [6.45, 7) is 3.17. The van der Waals surface area contributed by atoms with Gasteiger partial charge in [-0.05, 0) is 47.5 Å². The van der Waals surface area contributed by atoms with Crippen LogP contribution in [0, 0.1) is 0 Å². The molecular formula is C18H22Cl2N2. The number of nitrogens with zero attached hydrogens (tertiary/aromatic N) is 2. The van der Waals surface area contributed by atoms with Gasteiger partial charge >= 0.3 is 0 Å². The van der Waals surface area contributed by atoms with Crippen LogP contribution >= 0.6 is 23.6 Å². The zero-order valence-electron chi connectivity index (χ0n) is 12.7. The van der Waals surface area contributed by atoms with Crippen LogP contribution in [0.2, 0.25) is 0 Å². The Balaban J connectivity index is 1.60. The molecule has 0 spiro atoms. The van der Waals surface area contributed by atoms with Crippen molar-refractivity contribution >= 4 is 23.6 Å². The summed E-state index contributed by atoms with van der Waals surface area (Å²) < 4.78 is 3.62. The van der Waals surface area contributed by atoms with E-state index in [0.717, 1.165) is 39.0 Å². The van der Waals surface area contributed by atoms with Gasteiger partial charge in [0.05, 0.1) is 0 Å². The summed E-state index contributed by atoms with van der Waals surface area (Å²) in [5, 5.41) is 0. The highest BCUT2D eigenvalue weighted by Gasteiger charge is 2.06. The summed E-state index contributed by atoms with van der Waals surface area (Å²) in [6.07, 6.45) is 1.91. The fourth-order valence-corrected chi connectivity index (χ4v) is 2.55. The van der Waals surface area contributed by atoms with Crippen molar-refractivity contribution in [2.45, 2.75) is 12.8 Å². The van der Waals surface area contributed by atoms with Gasteiger partial charge in [-0.1, -0.05) is 60.7 Å². The Morgan fingerprint density at radius 1 is 0.545 bits per heavy atom. The van der Waals surface area contributed by atoms with Crippen molar-refractivity contribution in [2.75, 3.05) is 26.2 Å². The smallest absolute Gasteiger partial charge is 0.0280 e. The molecule has 0 aliphatic heterocycles. The van der Waals surface area contributed by atoms with Gasteiger partial charge in [0.25, 0.3) is 0 Å². The van der Waals surface area contributed by atoms with Crippen molar-refractivity contribution < 1.29 is 0 Å². The minimum absolute atomic E-state index is 0.757. The van der Waals surface area contributed by atoms with Gasteiger partial charge in [-0.3, -0.25) is 0 Å². The number of rotatable bonds is 9. The molecule has 0 saturated heterocycles. The van der Waals surface area contributed by atoms with Gasteiger partial charge in [0.2, 0.25) is 0 Å². The van der Waals surface area contributed by atoms with E-state index in [0.29, 0.717) is 0 Å². The van der Waals surface area contributed by atoms with E-state index in [1.807, 2.05) is 21.0 Å². The van der Waals surface area contributed by atoms with Crippen molar-refractivity contribution in [1.29, 1.82) is 0 Å². The maximum Gasteiger partial charge on any atom is 0.0280 e. The highest BCUT2D eigenvalue weighted by atomic mass is 35.5. The van der Waals surface area contributed by atoms with Crippen molar-refractivity contribution in [2.24, 2.45) is 0 Å². The van der Waals surface area contributed by atoms with Crippen LogP contribution < -0.4 is 0 Å². The van der Waals surface area contributed by atoms with E-state index >= 15 is 0 Å². The van der Waals surface area contributed by atoms with Crippen LogP contribution in [-0.2, 0) is 12.8 Å². The third-order valence-corrected chi connectivity index (χ3v) is 4.23. The Labute approximate surface area is 143 Å². The standard InChI is InChI=1S/C18H22Cl2N2/c19-21(13-11-17-7-3-1-4-8-17)15-16-22(20)14-12-18-9-5-2-6-10-18/h1-10H,11-16H2. The zero-order valence-corrected chi connectivity index (χ0v) is 14.2. The van der Waals surface area contributed by atoms with Crippen LogP contribution in [0.5, 0.6) is 0 Å². The summed E-state index contributed by atoms with van der Waals surface area (Å²) in [7, 11) is 0. The normalized spacial score (nSPS) is 11.3. The van der Waals surface area contributed by atoms with E-state index < -0.39 is 0 Å². The third-order valence-electron chi connectivity index (χ3n) is 3.56. The second-order valence-corrected chi connectivity index (χ2v) is 6.25. The lowest BCUT2D eigenvalue weighted by Crippen LogP contribution is -2.27. The number of benzene rings is 2. The molecule has 0 N–H and O–H groups in total. The average Bonchev–Trinajstić information content (AvgIpc) is 2.58. The Bertz CT molecular complexity index is 470. The minimum atomic E-state index is 0.757. The van der Waals surface area contributed by atoms with E-state index in [9.17, 15) is 0 Å². The monoisotopic (exact) mass is 336 g/mol. The summed E-state index contributed by atoms with van der Waals surface area (Å²) >= 11 is 12.5. The highest BCUT2D eigenvalue weighted by Crippen LogP contribution is 2.06. The zero-order chi connectivity index (χ0) is 15.6. The maximum atomic E-state index is 6.24. The van der Waals surface area contributed by atoms with E-state index in [4.69, 9.17) is 23.6 Å². The first-order valence-electron chi connectivity index (χ1n) is 7.63.